The highest BCUT2D eigenvalue weighted by Crippen LogP contribution is 2.30. The molecular formula is C10H12N2O5. The minimum Gasteiger partial charge on any atom is -0.487 e. The third-order valence-electron chi connectivity index (χ3n) is 2.11. The number of ether oxygens (including phenoxy) is 1. The van der Waals surface area contributed by atoms with Gasteiger partial charge in [-0.25, -0.2) is 0 Å². The second-order valence-electron chi connectivity index (χ2n) is 3.37. The van der Waals surface area contributed by atoms with Gasteiger partial charge in [0.15, 0.2) is 5.75 Å². The first-order valence-electron chi connectivity index (χ1n) is 5.12. The third-order valence-corrected chi connectivity index (χ3v) is 2.11. The van der Waals surface area contributed by atoms with E-state index in [0.717, 1.165) is 18.9 Å². The minimum atomic E-state index is -0.686. The number of benzene rings is 1. The van der Waals surface area contributed by atoms with E-state index in [9.17, 15) is 20.2 Å². The largest absolute Gasteiger partial charge is 0.487 e. The highest BCUT2D eigenvalue weighted by Gasteiger charge is 2.20. The maximum Gasteiger partial charge on any atom is 0.317 e. The molecule has 7 nitrogen and oxygen atoms in total. The molecule has 0 N–H and O–H groups in total. The lowest BCUT2D eigenvalue weighted by atomic mass is 10.2. The second-order valence-corrected chi connectivity index (χ2v) is 3.37. The van der Waals surface area contributed by atoms with Crippen molar-refractivity contribution in [2.75, 3.05) is 6.61 Å². The number of non-ortho nitro benzene ring substituents is 1. The average molecular weight is 240 g/mol. The monoisotopic (exact) mass is 240 g/mol. The van der Waals surface area contributed by atoms with Crippen molar-refractivity contribution < 1.29 is 14.6 Å². The number of nitrogens with zero attached hydrogens (tertiary/aromatic N) is 2. The minimum absolute atomic E-state index is 0.0639. The van der Waals surface area contributed by atoms with Gasteiger partial charge in [-0.05, 0) is 12.5 Å². The van der Waals surface area contributed by atoms with E-state index in [0.29, 0.717) is 6.61 Å². The highest BCUT2D eigenvalue weighted by molar-refractivity contribution is 5.53. The van der Waals surface area contributed by atoms with Crippen LogP contribution in [-0.4, -0.2) is 16.5 Å². The fourth-order valence-corrected chi connectivity index (χ4v) is 1.21. The number of rotatable bonds is 6. The van der Waals surface area contributed by atoms with Crippen molar-refractivity contribution >= 4 is 11.4 Å². The molecule has 0 unspecified atom stereocenters. The predicted octanol–water partition coefficient (Wildman–Crippen LogP) is 2.68. The summed E-state index contributed by atoms with van der Waals surface area (Å²) in [5.74, 6) is 0.0639. The topological polar surface area (TPSA) is 95.5 Å². The van der Waals surface area contributed by atoms with Crippen LogP contribution < -0.4 is 4.74 Å². The van der Waals surface area contributed by atoms with Crippen molar-refractivity contribution in [2.24, 2.45) is 0 Å². The molecule has 1 aromatic rings. The molecule has 0 fully saturated rings. The average Bonchev–Trinajstić information content (AvgIpc) is 2.29. The molecule has 0 atom stereocenters. The lowest BCUT2D eigenvalue weighted by Gasteiger charge is -2.05. The zero-order chi connectivity index (χ0) is 12.8. The Balaban J connectivity index is 2.96. The fraction of sp³-hybridized carbons (Fsp3) is 0.400. The van der Waals surface area contributed by atoms with E-state index >= 15 is 0 Å². The van der Waals surface area contributed by atoms with E-state index in [4.69, 9.17) is 4.74 Å². The van der Waals surface area contributed by atoms with E-state index < -0.39 is 9.85 Å². The molecule has 0 radical (unpaired) electrons. The fourth-order valence-electron chi connectivity index (χ4n) is 1.21. The van der Waals surface area contributed by atoms with E-state index in [2.05, 4.69) is 0 Å². The standard InChI is InChI=1S/C10H12N2O5/c1-2-3-6-17-10-5-4-8(11(13)14)7-9(10)12(15)16/h4-5,7H,2-3,6H2,1H3. The van der Waals surface area contributed by atoms with Gasteiger partial charge in [0.05, 0.1) is 22.5 Å². The first-order chi connectivity index (χ1) is 8.06. The number of nitro benzene ring substituents is 2. The van der Waals surface area contributed by atoms with Gasteiger partial charge in [0.1, 0.15) is 0 Å². The van der Waals surface area contributed by atoms with Crippen LogP contribution in [0.1, 0.15) is 19.8 Å². The first kappa shape index (κ1) is 12.9. The predicted molar refractivity (Wildman–Crippen MR) is 60.2 cm³/mol. The number of nitro groups is 2. The van der Waals surface area contributed by atoms with Gasteiger partial charge in [-0.1, -0.05) is 13.3 Å². The summed E-state index contributed by atoms with van der Waals surface area (Å²) >= 11 is 0. The van der Waals surface area contributed by atoms with Crippen LogP contribution in [0.15, 0.2) is 18.2 Å². The molecule has 0 aliphatic heterocycles. The van der Waals surface area contributed by atoms with Crippen LogP contribution in [0.2, 0.25) is 0 Å². The third kappa shape index (κ3) is 3.40. The Labute approximate surface area is 97.3 Å². The van der Waals surface area contributed by atoms with Gasteiger partial charge >= 0.3 is 5.69 Å². The zero-order valence-corrected chi connectivity index (χ0v) is 9.29. The molecule has 1 rings (SSSR count). The van der Waals surface area contributed by atoms with Crippen molar-refractivity contribution in [1.29, 1.82) is 0 Å². The normalized spacial score (nSPS) is 9.94. The maximum absolute atomic E-state index is 10.7. The summed E-state index contributed by atoms with van der Waals surface area (Å²) in [5.41, 5.74) is -0.699. The summed E-state index contributed by atoms with van der Waals surface area (Å²) in [6, 6.07) is 3.35. The SMILES string of the molecule is CCCCOc1ccc([N+](=O)[O-])cc1[N+](=O)[O-]. The van der Waals surface area contributed by atoms with Crippen LogP contribution in [0.25, 0.3) is 0 Å². The van der Waals surface area contributed by atoms with Crippen LogP contribution in [0, 0.1) is 20.2 Å². The van der Waals surface area contributed by atoms with Gasteiger partial charge in [0.25, 0.3) is 5.69 Å². The molecule has 0 aromatic heterocycles. The summed E-state index contributed by atoms with van der Waals surface area (Å²) < 4.78 is 5.21. The van der Waals surface area contributed by atoms with Crippen molar-refractivity contribution in [3.63, 3.8) is 0 Å². The molecule has 0 saturated carbocycles. The van der Waals surface area contributed by atoms with Crippen molar-refractivity contribution in [1.82, 2.24) is 0 Å². The molecule has 0 saturated heterocycles. The number of hydrogen-bond donors (Lipinski definition) is 0. The molecule has 0 aliphatic carbocycles. The van der Waals surface area contributed by atoms with Crippen LogP contribution in [0.4, 0.5) is 11.4 Å². The van der Waals surface area contributed by atoms with E-state index in [1.807, 2.05) is 6.92 Å². The van der Waals surface area contributed by atoms with E-state index in [1.54, 1.807) is 0 Å². The maximum atomic E-state index is 10.7. The Hall–Kier alpha value is -2.18. The molecule has 0 bridgehead atoms. The molecule has 1 aromatic carbocycles. The molecule has 0 amide bonds. The van der Waals surface area contributed by atoms with Gasteiger partial charge in [-0.3, -0.25) is 20.2 Å². The lowest BCUT2D eigenvalue weighted by Crippen LogP contribution is -2.01. The Morgan fingerprint density at radius 1 is 1.24 bits per heavy atom. The molecule has 0 aliphatic rings. The summed E-state index contributed by atoms with van der Waals surface area (Å²) in [5, 5.41) is 21.2. The van der Waals surface area contributed by atoms with Crippen molar-refractivity contribution in [2.45, 2.75) is 19.8 Å². The highest BCUT2D eigenvalue weighted by atomic mass is 16.6. The summed E-state index contributed by atoms with van der Waals surface area (Å²) in [6.07, 6.45) is 1.68. The Bertz CT molecular complexity index is 433. The van der Waals surface area contributed by atoms with Crippen LogP contribution in [0.5, 0.6) is 5.75 Å². The Morgan fingerprint density at radius 3 is 2.47 bits per heavy atom. The van der Waals surface area contributed by atoms with Crippen molar-refractivity contribution in [3.05, 3.63) is 38.4 Å². The van der Waals surface area contributed by atoms with Gasteiger partial charge < -0.3 is 4.74 Å². The van der Waals surface area contributed by atoms with E-state index in [-0.39, 0.29) is 17.1 Å². The number of unbranched alkanes of at least 4 members (excludes halogenated alkanes) is 1. The van der Waals surface area contributed by atoms with Gasteiger partial charge in [-0.2, -0.15) is 0 Å². The Kier molecular flexibility index (Phi) is 4.38. The molecule has 0 heterocycles. The first-order valence-corrected chi connectivity index (χ1v) is 5.12. The van der Waals surface area contributed by atoms with Gasteiger partial charge in [0, 0.05) is 6.07 Å². The molecule has 17 heavy (non-hydrogen) atoms. The van der Waals surface area contributed by atoms with Crippen LogP contribution >= 0.6 is 0 Å². The summed E-state index contributed by atoms with van der Waals surface area (Å²) in [7, 11) is 0. The van der Waals surface area contributed by atoms with Crippen molar-refractivity contribution in [3.8, 4) is 5.75 Å². The van der Waals surface area contributed by atoms with Crippen LogP contribution in [-0.2, 0) is 0 Å². The lowest BCUT2D eigenvalue weighted by molar-refractivity contribution is -0.394. The zero-order valence-electron chi connectivity index (χ0n) is 9.29. The van der Waals surface area contributed by atoms with E-state index in [1.165, 1.54) is 12.1 Å². The van der Waals surface area contributed by atoms with Gasteiger partial charge in [-0.15, -0.1) is 0 Å². The molecule has 92 valence electrons. The Morgan fingerprint density at radius 2 is 1.94 bits per heavy atom. The molecular weight excluding hydrogens is 228 g/mol. The quantitative estimate of drug-likeness (QED) is 0.432. The summed E-state index contributed by atoms with van der Waals surface area (Å²) in [4.78, 5) is 19.9. The molecule has 0 spiro atoms. The molecule has 7 heteroatoms. The second kappa shape index (κ2) is 5.78. The van der Waals surface area contributed by atoms with Gasteiger partial charge in [0.2, 0.25) is 0 Å². The number of hydrogen-bond acceptors (Lipinski definition) is 5. The summed E-state index contributed by atoms with van der Waals surface area (Å²) in [6.45, 7) is 2.32. The van der Waals surface area contributed by atoms with Crippen LogP contribution in [0.3, 0.4) is 0 Å². The smallest absolute Gasteiger partial charge is 0.317 e.